The molecule has 0 saturated carbocycles. The number of halogens is 2. The minimum absolute atomic E-state index is 0.0103. The predicted octanol–water partition coefficient (Wildman–Crippen LogP) is 2.02. The van der Waals surface area contributed by atoms with E-state index < -0.39 is 17.7 Å². The summed E-state index contributed by atoms with van der Waals surface area (Å²) in [5.74, 6) is -1.23. The monoisotopic (exact) mass is 314 g/mol. The number of thioether (sulfide) groups is 1. The van der Waals surface area contributed by atoms with Gasteiger partial charge in [-0.15, -0.1) is 11.8 Å². The third-order valence-corrected chi connectivity index (χ3v) is 4.50. The second-order valence-corrected chi connectivity index (χ2v) is 5.88. The molecule has 7 heteroatoms. The molecule has 0 aromatic heterocycles. The molecule has 1 aromatic rings. The van der Waals surface area contributed by atoms with Crippen molar-refractivity contribution in [2.24, 2.45) is 0 Å². The Balaban J connectivity index is 2.03. The Hall–Kier alpha value is -1.63. The van der Waals surface area contributed by atoms with E-state index in [9.17, 15) is 18.4 Å². The number of rotatable bonds is 4. The fraction of sp³-hybridized carbons (Fsp3) is 0.429. The van der Waals surface area contributed by atoms with E-state index in [-0.39, 0.29) is 18.4 Å². The molecule has 0 bridgehead atoms. The number of carbonyl (C=O) groups excluding carboxylic acids is 2. The SMILES string of the molecule is CC(c1ccc(F)c(F)c1)N(C)C(=O)CN1CSCC1=O. The maximum atomic E-state index is 13.2. The number of hydrogen-bond donors (Lipinski definition) is 0. The summed E-state index contributed by atoms with van der Waals surface area (Å²) in [7, 11) is 1.59. The Morgan fingerprint density at radius 2 is 2.14 bits per heavy atom. The van der Waals surface area contributed by atoms with Crippen molar-refractivity contribution in [3.63, 3.8) is 0 Å². The number of nitrogens with zero attached hydrogens (tertiary/aromatic N) is 2. The first kappa shape index (κ1) is 15.8. The number of benzene rings is 1. The molecule has 0 N–H and O–H groups in total. The third-order valence-electron chi connectivity index (χ3n) is 3.55. The molecule has 0 radical (unpaired) electrons. The summed E-state index contributed by atoms with van der Waals surface area (Å²) in [6.45, 7) is 1.74. The number of hydrogen-bond acceptors (Lipinski definition) is 3. The molecule has 2 amide bonds. The van der Waals surface area contributed by atoms with Gasteiger partial charge in [-0.05, 0) is 24.6 Å². The van der Waals surface area contributed by atoms with Crippen LogP contribution < -0.4 is 0 Å². The maximum Gasteiger partial charge on any atom is 0.242 e. The summed E-state index contributed by atoms with van der Waals surface area (Å²) in [5.41, 5.74) is 0.506. The summed E-state index contributed by atoms with van der Waals surface area (Å²) in [4.78, 5) is 26.6. The van der Waals surface area contributed by atoms with Gasteiger partial charge in [-0.2, -0.15) is 0 Å². The maximum absolute atomic E-state index is 13.2. The highest BCUT2D eigenvalue weighted by Gasteiger charge is 2.26. The van der Waals surface area contributed by atoms with Crippen LogP contribution in [0.4, 0.5) is 8.78 Å². The van der Waals surface area contributed by atoms with Crippen molar-refractivity contribution in [1.29, 1.82) is 0 Å². The zero-order valence-corrected chi connectivity index (χ0v) is 12.6. The molecule has 0 spiro atoms. The van der Waals surface area contributed by atoms with E-state index >= 15 is 0 Å². The fourth-order valence-electron chi connectivity index (χ4n) is 2.03. The molecular formula is C14H16F2N2O2S. The van der Waals surface area contributed by atoms with Crippen LogP contribution in [0.15, 0.2) is 18.2 Å². The lowest BCUT2D eigenvalue weighted by Crippen LogP contribution is -2.40. The Morgan fingerprint density at radius 3 is 2.71 bits per heavy atom. The van der Waals surface area contributed by atoms with Crippen LogP contribution in [-0.4, -0.2) is 46.8 Å². The lowest BCUT2D eigenvalue weighted by molar-refractivity contribution is -0.138. The average molecular weight is 314 g/mol. The van der Waals surface area contributed by atoms with Crippen molar-refractivity contribution >= 4 is 23.6 Å². The highest BCUT2D eigenvalue weighted by Crippen LogP contribution is 2.22. The second kappa shape index (κ2) is 6.43. The van der Waals surface area contributed by atoms with Gasteiger partial charge in [0, 0.05) is 7.05 Å². The Kier molecular flexibility index (Phi) is 4.82. The zero-order valence-electron chi connectivity index (χ0n) is 11.8. The van der Waals surface area contributed by atoms with E-state index in [0.29, 0.717) is 17.2 Å². The minimum Gasteiger partial charge on any atom is -0.337 e. The summed E-state index contributed by atoms with van der Waals surface area (Å²) in [5, 5.41) is 0. The Morgan fingerprint density at radius 1 is 1.43 bits per heavy atom. The van der Waals surface area contributed by atoms with E-state index in [2.05, 4.69) is 0 Å². The van der Waals surface area contributed by atoms with Crippen LogP contribution in [0.25, 0.3) is 0 Å². The van der Waals surface area contributed by atoms with Crippen molar-refractivity contribution in [1.82, 2.24) is 9.80 Å². The molecule has 1 fully saturated rings. The van der Waals surface area contributed by atoms with Gasteiger partial charge in [0.1, 0.15) is 6.54 Å². The van der Waals surface area contributed by atoms with Gasteiger partial charge in [-0.3, -0.25) is 9.59 Å². The molecule has 1 aliphatic rings. The van der Waals surface area contributed by atoms with Crippen LogP contribution in [0.5, 0.6) is 0 Å². The second-order valence-electron chi connectivity index (χ2n) is 4.92. The fourth-order valence-corrected chi connectivity index (χ4v) is 2.93. The molecule has 1 aromatic carbocycles. The summed E-state index contributed by atoms with van der Waals surface area (Å²) >= 11 is 1.47. The van der Waals surface area contributed by atoms with Crippen LogP contribution in [0.3, 0.4) is 0 Å². The van der Waals surface area contributed by atoms with Gasteiger partial charge in [0.25, 0.3) is 0 Å². The van der Waals surface area contributed by atoms with E-state index in [0.717, 1.165) is 12.1 Å². The summed E-state index contributed by atoms with van der Waals surface area (Å²) < 4.78 is 26.2. The van der Waals surface area contributed by atoms with E-state index in [1.54, 1.807) is 14.0 Å². The van der Waals surface area contributed by atoms with Crippen molar-refractivity contribution in [3.8, 4) is 0 Å². The van der Waals surface area contributed by atoms with Crippen LogP contribution in [0.2, 0.25) is 0 Å². The molecule has 1 atom stereocenters. The molecule has 1 heterocycles. The molecule has 1 aliphatic heterocycles. The third kappa shape index (κ3) is 3.53. The standard InChI is InChI=1S/C14H16F2N2O2S/c1-9(10-3-4-11(15)12(16)5-10)17(2)13(19)6-18-8-21-7-14(18)20/h3-5,9H,6-8H2,1-2H3. The van der Waals surface area contributed by atoms with Crippen molar-refractivity contribution in [2.75, 3.05) is 25.2 Å². The molecule has 4 nitrogen and oxygen atoms in total. The van der Waals surface area contributed by atoms with Gasteiger partial charge in [0.05, 0.1) is 17.7 Å². The molecule has 21 heavy (non-hydrogen) atoms. The molecule has 114 valence electrons. The van der Waals surface area contributed by atoms with Gasteiger partial charge in [-0.1, -0.05) is 6.07 Å². The largest absolute Gasteiger partial charge is 0.337 e. The van der Waals surface area contributed by atoms with Crippen LogP contribution in [0.1, 0.15) is 18.5 Å². The predicted molar refractivity (Wildman–Crippen MR) is 76.6 cm³/mol. The van der Waals surface area contributed by atoms with Crippen molar-refractivity contribution < 1.29 is 18.4 Å². The summed E-state index contributed by atoms with van der Waals surface area (Å²) in [6, 6.07) is 3.17. The topological polar surface area (TPSA) is 40.6 Å². The number of amides is 2. The first-order chi connectivity index (χ1) is 9.90. The molecule has 1 unspecified atom stereocenters. The first-order valence-electron chi connectivity index (χ1n) is 6.46. The normalized spacial score (nSPS) is 16.2. The van der Waals surface area contributed by atoms with Gasteiger partial charge in [0.15, 0.2) is 11.6 Å². The van der Waals surface area contributed by atoms with E-state index in [1.165, 1.54) is 27.6 Å². The molecule has 0 aliphatic carbocycles. The summed E-state index contributed by atoms with van der Waals surface area (Å²) in [6.07, 6.45) is 0. The number of carbonyl (C=O) groups is 2. The van der Waals surface area contributed by atoms with Gasteiger partial charge in [0.2, 0.25) is 11.8 Å². The van der Waals surface area contributed by atoms with E-state index in [4.69, 9.17) is 0 Å². The highest BCUT2D eigenvalue weighted by atomic mass is 32.2. The smallest absolute Gasteiger partial charge is 0.242 e. The lowest BCUT2D eigenvalue weighted by Gasteiger charge is -2.27. The van der Waals surface area contributed by atoms with Crippen LogP contribution in [0, 0.1) is 11.6 Å². The van der Waals surface area contributed by atoms with Gasteiger partial charge in [-0.25, -0.2) is 8.78 Å². The van der Waals surface area contributed by atoms with Gasteiger partial charge >= 0.3 is 0 Å². The van der Waals surface area contributed by atoms with Crippen LogP contribution >= 0.6 is 11.8 Å². The Labute approximate surface area is 126 Å². The van der Waals surface area contributed by atoms with Crippen molar-refractivity contribution in [3.05, 3.63) is 35.4 Å². The molecular weight excluding hydrogens is 298 g/mol. The zero-order chi connectivity index (χ0) is 15.6. The van der Waals surface area contributed by atoms with Crippen molar-refractivity contribution in [2.45, 2.75) is 13.0 Å². The molecule has 2 rings (SSSR count). The minimum atomic E-state index is -0.939. The Bertz CT molecular complexity index is 568. The molecule has 1 saturated heterocycles. The lowest BCUT2D eigenvalue weighted by atomic mass is 10.1. The average Bonchev–Trinajstić information content (AvgIpc) is 2.85. The quantitative estimate of drug-likeness (QED) is 0.854. The van der Waals surface area contributed by atoms with E-state index in [1.807, 2.05) is 0 Å². The van der Waals surface area contributed by atoms with Crippen LogP contribution in [-0.2, 0) is 9.59 Å². The number of likely N-dealkylation sites (N-methyl/N-ethyl adjacent to an activating group) is 1. The van der Waals surface area contributed by atoms with Gasteiger partial charge < -0.3 is 9.80 Å². The first-order valence-corrected chi connectivity index (χ1v) is 7.61. The highest BCUT2D eigenvalue weighted by molar-refractivity contribution is 8.00.